The zero-order valence-electron chi connectivity index (χ0n) is 19.6. The van der Waals surface area contributed by atoms with E-state index in [4.69, 9.17) is 17.0 Å². The second-order valence-electron chi connectivity index (χ2n) is 8.51. The van der Waals surface area contributed by atoms with Gasteiger partial charge in [0.1, 0.15) is 11.1 Å². The van der Waals surface area contributed by atoms with Crippen LogP contribution in [0, 0.1) is 5.41 Å². The number of halogens is 6. The highest BCUT2D eigenvalue weighted by molar-refractivity contribution is 6.31. The summed E-state index contributed by atoms with van der Waals surface area (Å²) in [4.78, 5) is 21.7. The number of anilines is 3. The Hall–Kier alpha value is -3.92. The van der Waals surface area contributed by atoms with E-state index in [1.807, 2.05) is 0 Å². The molecule has 0 fully saturated rings. The number of nitrogens with zero attached hydrogens (tertiary/aromatic N) is 6. The molecule has 2 atom stereocenters. The van der Waals surface area contributed by atoms with Crippen LogP contribution in [0.3, 0.4) is 0 Å². The lowest BCUT2D eigenvalue weighted by Crippen LogP contribution is -2.46. The maximum absolute atomic E-state index is 14.2. The van der Waals surface area contributed by atoms with Crippen molar-refractivity contribution in [3.05, 3.63) is 40.9 Å². The summed E-state index contributed by atoms with van der Waals surface area (Å²) >= 11 is 5.86. The molecule has 202 valence electrons. The molecule has 3 aromatic heterocycles. The number of carbonyl (C=O) groups is 1. The highest BCUT2D eigenvalue weighted by atomic mass is 35.5. The molecule has 1 aliphatic rings. The van der Waals surface area contributed by atoms with E-state index in [2.05, 4.69) is 30.9 Å². The molecule has 1 aliphatic heterocycles. The van der Waals surface area contributed by atoms with Gasteiger partial charge in [-0.2, -0.15) is 23.4 Å². The summed E-state index contributed by atoms with van der Waals surface area (Å²) in [6, 6.07) is 1.08. The van der Waals surface area contributed by atoms with E-state index in [1.54, 1.807) is 0 Å². The first kappa shape index (κ1) is 27.1. The van der Waals surface area contributed by atoms with Gasteiger partial charge in [0.05, 0.1) is 41.1 Å². The average Bonchev–Trinajstić information content (AvgIpc) is 3.36. The Bertz CT molecular complexity index is 1440. The molecule has 3 aromatic rings. The first-order chi connectivity index (χ1) is 17.8. The molecule has 0 spiro atoms. The Morgan fingerprint density at radius 2 is 2.03 bits per heavy atom. The minimum Gasteiger partial charge on any atom is -0.387 e. The number of rotatable bonds is 6. The highest BCUT2D eigenvalue weighted by Gasteiger charge is 2.60. The molecule has 38 heavy (non-hydrogen) atoms. The molecule has 0 unspecified atom stereocenters. The van der Waals surface area contributed by atoms with Crippen molar-refractivity contribution in [1.82, 2.24) is 19.6 Å². The van der Waals surface area contributed by atoms with Crippen molar-refractivity contribution in [2.75, 3.05) is 22.2 Å². The molecule has 17 heteroatoms. The Kier molecular flexibility index (Phi) is 6.96. The molecule has 0 saturated heterocycles. The van der Waals surface area contributed by atoms with Gasteiger partial charge in [-0.3, -0.25) is 10.3 Å². The highest BCUT2D eigenvalue weighted by Crippen LogP contribution is 2.50. The zero-order chi connectivity index (χ0) is 28.0. The monoisotopic (exact) mass is 559 g/mol. The number of aliphatic hydroxyl groups is 1. The summed E-state index contributed by atoms with van der Waals surface area (Å²) in [7, 11) is 0. The number of urea groups is 1. The van der Waals surface area contributed by atoms with Crippen LogP contribution in [-0.2, 0) is 5.41 Å². The number of fused-ring (bicyclic) bond motifs is 3. The zero-order valence-corrected chi connectivity index (χ0v) is 20.3. The molecule has 4 rings (SSSR count). The number of aliphatic hydroxyl groups excluding tert-OH is 1. The number of carbonyl (C=O) groups excluding carboxylic acids is 1. The number of hydrazone groups is 1. The van der Waals surface area contributed by atoms with Crippen molar-refractivity contribution < 1.29 is 31.9 Å². The number of aromatic nitrogens is 4. The van der Waals surface area contributed by atoms with Gasteiger partial charge >= 0.3 is 12.2 Å². The van der Waals surface area contributed by atoms with Crippen LogP contribution >= 0.6 is 11.6 Å². The third-order valence-corrected chi connectivity index (χ3v) is 6.05. The first-order valence-corrected chi connectivity index (χ1v) is 11.1. The lowest BCUT2D eigenvalue weighted by molar-refractivity contribution is -0.181. The van der Waals surface area contributed by atoms with Crippen molar-refractivity contribution in [2.45, 2.75) is 38.0 Å². The van der Waals surface area contributed by atoms with Crippen LogP contribution < -0.4 is 15.6 Å². The number of amides is 2. The van der Waals surface area contributed by atoms with Crippen molar-refractivity contribution in [2.24, 2.45) is 5.10 Å². The van der Waals surface area contributed by atoms with Gasteiger partial charge in [-0.1, -0.05) is 11.6 Å². The minimum atomic E-state index is -4.80. The van der Waals surface area contributed by atoms with E-state index in [0.29, 0.717) is 0 Å². The molecule has 4 N–H and O–H groups in total. The van der Waals surface area contributed by atoms with E-state index in [0.717, 1.165) is 41.0 Å². The summed E-state index contributed by atoms with van der Waals surface area (Å²) in [6.45, 7) is 1.37. The van der Waals surface area contributed by atoms with Gasteiger partial charge < -0.3 is 15.8 Å². The summed E-state index contributed by atoms with van der Waals surface area (Å²) in [5.41, 5.74) is -1.92. The number of pyridine rings is 1. The number of hydrogen-bond acceptors (Lipinski definition) is 8. The number of nitrogens with one attached hydrogen (secondary N) is 3. The van der Waals surface area contributed by atoms with Crippen LogP contribution in [0.1, 0.15) is 31.5 Å². The van der Waals surface area contributed by atoms with Crippen LogP contribution in [-0.4, -0.2) is 61.5 Å². The van der Waals surface area contributed by atoms with E-state index in [1.165, 1.54) is 13.0 Å². The van der Waals surface area contributed by atoms with Gasteiger partial charge in [0, 0.05) is 18.8 Å². The molecule has 0 aliphatic carbocycles. The van der Waals surface area contributed by atoms with E-state index >= 15 is 0 Å². The normalized spacial score (nSPS) is 18.6. The number of hydrogen-bond donors (Lipinski definition) is 4. The Balaban J connectivity index is 1.67. The van der Waals surface area contributed by atoms with Crippen LogP contribution in [0.15, 0.2) is 29.6 Å². The maximum Gasteiger partial charge on any atom is 0.401 e. The Labute approximate surface area is 215 Å². The molecular weight excluding hydrogens is 541 g/mol. The standard InChI is InChI=1S/C21H19ClF5N9O2/c1-9(37)12(5-28)32-33-18-11(17(23)24)3-10(6-30-18)31-19(38)35-8-20(2,21(25,26)27)16-13(35)7-29-15-4-14(22)34-36(15)16/h3-7,9,17,28,37H,8H2,1-2H3,(H,30,33)(H,31,38)/b28-5?,32-12+/t9-,20+/m0/s1. The number of alkyl halides is 5. The molecule has 0 bridgehead atoms. The molecule has 0 aromatic carbocycles. The fraction of sp³-hybridized carbons (Fsp3) is 0.333. The fourth-order valence-electron chi connectivity index (χ4n) is 3.86. The van der Waals surface area contributed by atoms with Gasteiger partial charge in [-0.25, -0.2) is 28.1 Å². The molecule has 2 amide bonds. The predicted molar refractivity (Wildman–Crippen MR) is 128 cm³/mol. The first-order valence-electron chi connectivity index (χ1n) is 10.8. The summed E-state index contributed by atoms with van der Waals surface area (Å²) in [5, 5.41) is 26.4. The molecular formula is C21H19ClF5N9O2. The second-order valence-corrected chi connectivity index (χ2v) is 8.89. The van der Waals surface area contributed by atoms with Crippen LogP contribution in [0.2, 0.25) is 5.15 Å². The fourth-order valence-corrected chi connectivity index (χ4v) is 4.03. The van der Waals surface area contributed by atoms with Crippen molar-refractivity contribution >= 4 is 52.4 Å². The van der Waals surface area contributed by atoms with Gasteiger partial charge in [-0.05, 0) is 19.9 Å². The van der Waals surface area contributed by atoms with E-state index < -0.39 is 48.1 Å². The molecule has 0 radical (unpaired) electrons. The van der Waals surface area contributed by atoms with Crippen LogP contribution in [0.5, 0.6) is 0 Å². The third-order valence-electron chi connectivity index (χ3n) is 5.86. The summed E-state index contributed by atoms with van der Waals surface area (Å²) < 4.78 is 71.0. The molecule has 4 heterocycles. The molecule has 11 nitrogen and oxygen atoms in total. The lowest BCUT2D eigenvalue weighted by Gasteiger charge is -2.28. The van der Waals surface area contributed by atoms with Gasteiger partial charge in [0.15, 0.2) is 16.6 Å². The van der Waals surface area contributed by atoms with Gasteiger partial charge in [-0.15, -0.1) is 0 Å². The largest absolute Gasteiger partial charge is 0.401 e. The quantitative estimate of drug-likeness (QED) is 0.200. The minimum absolute atomic E-state index is 0.0461. The molecule has 0 saturated carbocycles. The SMILES string of the molecule is C[C@H](O)/C(C=N)=N/Nc1ncc(NC(=O)N2C[C@@](C)(C(F)(F)F)c3c2cnc2cc(Cl)nn32)cc1C(F)F. The van der Waals surface area contributed by atoms with E-state index in [9.17, 15) is 31.9 Å². The van der Waals surface area contributed by atoms with Crippen LogP contribution in [0.25, 0.3) is 5.65 Å². The van der Waals surface area contributed by atoms with Gasteiger partial charge in [0.2, 0.25) is 0 Å². The van der Waals surface area contributed by atoms with Crippen molar-refractivity contribution in [3.63, 3.8) is 0 Å². The van der Waals surface area contributed by atoms with Gasteiger partial charge in [0.25, 0.3) is 6.43 Å². The van der Waals surface area contributed by atoms with Crippen LogP contribution in [0.4, 0.5) is 43.9 Å². The Morgan fingerprint density at radius 1 is 1.32 bits per heavy atom. The maximum atomic E-state index is 14.2. The van der Waals surface area contributed by atoms with Crippen molar-refractivity contribution in [3.8, 4) is 0 Å². The predicted octanol–water partition coefficient (Wildman–Crippen LogP) is 4.39. The average molecular weight is 560 g/mol. The summed E-state index contributed by atoms with van der Waals surface area (Å²) in [5.74, 6) is -0.420. The summed E-state index contributed by atoms with van der Waals surface area (Å²) in [6.07, 6.45) is -6.26. The smallest absolute Gasteiger partial charge is 0.387 e. The lowest BCUT2D eigenvalue weighted by atomic mass is 9.88. The second kappa shape index (κ2) is 9.75. The van der Waals surface area contributed by atoms with E-state index in [-0.39, 0.29) is 33.6 Å². The topological polar surface area (TPSA) is 144 Å². The van der Waals surface area contributed by atoms with Crippen molar-refractivity contribution in [1.29, 1.82) is 5.41 Å². The Morgan fingerprint density at radius 3 is 2.63 bits per heavy atom. The third kappa shape index (κ3) is 4.71.